The van der Waals surface area contributed by atoms with E-state index in [9.17, 15) is 14.0 Å². The summed E-state index contributed by atoms with van der Waals surface area (Å²) in [5.74, 6) is -0.139. The Morgan fingerprint density at radius 1 is 1.12 bits per heavy atom. The van der Waals surface area contributed by atoms with Crippen LogP contribution in [-0.2, 0) is 21.9 Å². The molecule has 1 aliphatic carbocycles. The van der Waals surface area contributed by atoms with Gasteiger partial charge in [0.15, 0.2) is 0 Å². The molecule has 8 heteroatoms. The number of nitrogens with one attached hydrogen (secondary N) is 1. The Balaban J connectivity index is 1.67. The molecule has 0 saturated heterocycles. The molecule has 2 aromatic rings. The Morgan fingerprint density at radius 3 is 2.55 bits per heavy atom. The fourth-order valence-corrected chi connectivity index (χ4v) is 5.40. The Hall–Kier alpha value is -1.76. The molecule has 1 aliphatic rings. The van der Waals surface area contributed by atoms with Gasteiger partial charge in [-0.1, -0.05) is 66.7 Å². The lowest BCUT2D eigenvalue weighted by Gasteiger charge is -2.31. The maximum absolute atomic E-state index is 14.3. The molecule has 0 spiro atoms. The van der Waals surface area contributed by atoms with Gasteiger partial charge in [0.05, 0.1) is 5.75 Å². The van der Waals surface area contributed by atoms with Crippen molar-refractivity contribution in [2.75, 3.05) is 5.75 Å². The number of carbonyl (C=O) groups excluding carboxylic acids is 2. The maximum atomic E-state index is 14.3. The Morgan fingerprint density at radius 2 is 1.85 bits per heavy atom. The van der Waals surface area contributed by atoms with Gasteiger partial charge in [-0.15, -0.1) is 11.8 Å². The van der Waals surface area contributed by atoms with Crippen LogP contribution in [0.2, 0.25) is 10.0 Å². The summed E-state index contributed by atoms with van der Waals surface area (Å²) in [5.41, 5.74) is 1.26. The molecule has 0 aliphatic heterocycles. The van der Waals surface area contributed by atoms with Gasteiger partial charge in [0, 0.05) is 33.9 Å². The lowest BCUT2D eigenvalue weighted by molar-refractivity contribution is -0.139. The average molecular weight is 511 g/mol. The van der Waals surface area contributed by atoms with Crippen LogP contribution < -0.4 is 5.32 Å². The number of benzene rings is 2. The number of hydrogen-bond acceptors (Lipinski definition) is 3. The van der Waals surface area contributed by atoms with Crippen molar-refractivity contribution < 1.29 is 14.0 Å². The summed E-state index contributed by atoms with van der Waals surface area (Å²) in [6.07, 6.45) is 5.30. The largest absolute Gasteiger partial charge is 0.352 e. The third kappa shape index (κ3) is 7.62. The van der Waals surface area contributed by atoms with Gasteiger partial charge < -0.3 is 10.2 Å². The molecule has 33 heavy (non-hydrogen) atoms. The lowest BCUT2D eigenvalue weighted by Crippen LogP contribution is -2.51. The van der Waals surface area contributed by atoms with Crippen molar-refractivity contribution >= 4 is 46.8 Å². The number of rotatable bonds is 9. The minimum atomic E-state index is -0.709. The molecule has 1 fully saturated rings. The Labute approximate surface area is 209 Å². The molecule has 3 rings (SSSR count). The first-order valence-corrected chi connectivity index (χ1v) is 13.1. The fraction of sp³-hybridized carbons (Fsp3) is 0.440. The first-order valence-electron chi connectivity index (χ1n) is 11.2. The topological polar surface area (TPSA) is 49.4 Å². The van der Waals surface area contributed by atoms with Crippen LogP contribution in [0.4, 0.5) is 4.39 Å². The highest BCUT2D eigenvalue weighted by Crippen LogP contribution is 2.25. The lowest BCUT2D eigenvalue weighted by atomic mass is 9.95. The summed E-state index contributed by atoms with van der Waals surface area (Å²) in [7, 11) is 0. The van der Waals surface area contributed by atoms with Crippen molar-refractivity contribution in [1.29, 1.82) is 0 Å². The van der Waals surface area contributed by atoms with E-state index in [1.807, 2.05) is 6.07 Å². The van der Waals surface area contributed by atoms with E-state index in [1.54, 1.807) is 37.3 Å². The molecule has 2 amide bonds. The van der Waals surface area contributed by atoms with E-state index in [0.29, 0.717) is 21.4 Å². The van der Waals surface area contributed by atoms with Gasteiger partial charge in [0.25, 0.3) is 0 Å². The van der Waals surface area contributed by atoms with Crippen LogP contribution in [0.3, 0.4) is 0 Å². The van der Waals surface area contributed by atoms with E-state index in [1.165, 1.54) is 29.1 Å². The van der Waals surface area contributed by atoms with Gasteiger partial charge in [0.1, 0.15) is 11.9 Å². The highest BCUT2D eigenvalue weighted by Gasteiger charge is 2.28. The third-order valence-corrected chi connectivity index (χ3v) is 7.47. The molecule has 1 unspecified atom stereocenters. The zero-order valence-electron chi connectivity index (χ0n) is 18.7. The normalized spacial score (nSPS) is 15.2. The molecular weight excluding hydrogens is 482 g/mol. The van der Waals surface area contributed by atoms with Crippen LogP contribution in [-0.4, -0.2) is 34.6 Å². The van der Waals surface area contributed by atoms with Crippen LogP contribution in [0.15, 0.2) is 42.5 Å². The minimum absolute atomic E-state index is 0.0347. The monoisotopic (exact) mass is 510 g/mol. The van der Waals surface area contributed by atoms with Crippen molar-refractivity contribution in [3.8, 4) is 0 Å². The number of nitrogens with zero attached hydrogens (tertiary/aromatic N) is 1. The summed E-state index contributed by atoms with van der Waals surface area (Å²) in [6.45, 7) is 1.74. The standard InChI is InChI=1S/C25H29Cl2FN2O2S/c1-17(25(32)29-21-8-3-2-4-9-21)30(14-18-7-5-6-10-23(18)28)24(31)16-33-15-19-11-12-20(26)13-22(19)27/h5-7,10-13,17,21H,2-4,8-9,14-16H2,1H3,(H,29,32). The highest BCUT2D eigenvalue weighted by molar-refractivity contribution is 7.99. The SMILES string of the molecule is CC(C(=O)NC1CCCCC1)N(Cc1ccccc1F)C(=O)CSCc1ccc(Cl)cc1Cl. The highest BCUT2D eigenvalue weighted by atomic mass is 35.5. The van der Waals surface area contributed by atoms with Gasteiger partial charge in [-0.3, -0.25) is 9.59 Å². The van der Waals surface area contributed by atoms with Crippen LogP contribution >= 0.6 is 35.0 Å². The van der Waals surface area contributed by atoms with E-state index < -0.39 is 11.9 Å². The Bertz CT molecular complexity index is 969. The molecule has 0 aromatic heterocycles. The molecule has 178 valence electrons. The van der Waals surface area contributed by atoms with E-state index in [4.69, 9.17) is 23.2 Å². The van der Waals surface area contributed by atoms with E-state index >= 15 is 0 Å². The molecule has 0 radical (unpaired) electrons. The molecule has 1 atom stereocenters. The summed E-state index contributed by atoms with van der Waals surface area (Å²) >= 11 is 13.6. The summed E-state index contributed by atoms with van der Waals surface area (Å²) < 4.78 is 14.3. The summed E-state index contributed by atoms with van der Waals surface area (Å²) in [6, 6.07) is 11.0. The molecule has 1 saturated carbocycles. The fourth-order valence-electron chi connectivity index (χ4n) is 3.93. The first-order chi connectivity index (χ1) is 15.8. The van der Waals surface area contributed by atoms with Crippen molar-refractivity contribution in [3.63, 3.8) is 0 Å². The second-order valence-corrected chi connectivity index (χ2v) is 10.2. The molecule has 0 bridgehead atoms. The van der Waals surface area contributed by atoms with Gasteiger partial charge in [-0.05, 0) is 43.5 Å². The second-order valence-electron chi connectivity index (χ2n) is 8.36. The predicted octanol–water partition coefficient (Wildman–Crippen LogP) is 6.23. The van der Waals surface area contributed by atoms with Crippen LogP contribution in [0.1, 0.15) is 50.2 Å². The zero-order valence-corrected chi connectivity index (χ0v) is 21.0. The summed E-state index contributed by atoms with van der Waals surface area (Å²) in [4.78, 5) is 27.6. The van der Waals surface area contributed by atoms with Gasteiger partial charge in [-0.2, -0.15) is 0 Å². The number of thioether (sulfide) groups is 1. The van der Waals surface area contributed by atoms with Crippen LogP contribution in [0.25, 0.3) is 0 Å². The van der Waals surface area contributed by atoms with E-state index in [-0.39, 0.29) is 30.2 Å². The van der Waals surface area contributed by atoms with Crippen molar-refractivity contribution in [2.24, 2.45) is 0 Å². The zero-order chi connectivity index (χ0) is 23.8. The van der Waals surface area contributed by atoms with E-state index in [2.05, 4.69) is 5.32 Å². The van der Waals surface area contributed by atoms with Crippen molar-refractivity contribution in [1.82, 2.24) is 10.2 Å². The molecule has 1 N–H and O–H groups in total. The van der Waals surface area contributed by atoms with E-state index in [0.717, 1.165) is 31.2 Å². The number of hydrogen-bond donors (Lipinski definition) is 1. The molecule has 2 aromatic carbocycles. The van der Waals surface area contributed by atoms with Crippen LogP contribution in [0.5, 0.6) is 0 Å². The number of carbonyl (C=O) groups is 2. The quantitative estimate of drug-likeness (QED) is 0.434. The molecule has 4 nitrogen and oxygen atoms in total. The predicted molar refractivity (Wildman–Crippen MR) is 134 cm³/mol. The molecular formula is C25H29Cl2FN2O2S. The first kappa shape index (κ1) is 25.9. The average Bonchev–Trinajstić information content (AvgIpc) is 2.80. The van der Waals surface area contributed by atoms with Gasteiger partial charge >= 0.3 is 0 Å². The van der Waals surface area contributed by atoms with Crippen molar-refractivity contribution in [3.05, 3.63) is 69.5 Å². The summed E-state index contributed by atoms with van der Waals surface area (Å²) in [5, 5.41) is 4.19. The Kier molecular flexibility index (Phi) is 9.90. The number of halogens is 3. The van der Waals surface area contributed by atoms with Crippen LogP contribution in [0, 0.1) is 5.82 Å². The van der Waals surface area contributed by atoms with Gasteiger partial charge in [0.2, 0.25) is 11.8 Å². The molecule has 0 heterocycles. The van der Waals surface area contributed by atoms with Gasteiger partial charge in [-0.25, -0.2) is 4.39 Å². The van der Waals surface area contributed by atoms with Crippen molar-refractivity contribution in [2.45, 2.75) is 63.4 Å². The minimum Gasteiger partial charge on any atom is -0.352 e. The second kappa shape index (κ2) is 12.6. The number of amides is 2. The third-order valence-electron chi connectivity index (χ3n) is 5.92. The maximum Gasteiger partial charge on any atom is 0.242 e. The smallest absolute Gasteiger partial charge is 0.242 e.